The summed E-state index contributed by atoms with van der Waals surface area (Å²) in [5.41, 5.74) is 0.621. The van der Waals surface area contributed by atoms with Crippen molar-refractivity contribution in [2.24, 2.45) is 5.16 Å². The zero-order valence-corrected chi connectivity index (χ0v) is 14.8. The van der Waals surface area contributed by atoms with E-state index in [1.54, 1.807) is 6.92 Å². The zero-order valence-electron chi connectivity index (χ0n) is 14.8. The Hall–Kier alpha value is -2.91. The Morgan fingerprint density at radius 3 is 2.67 bits per heavy atom. The summed E-state index contributed by atoms with van der Waals surface area (Å²) in [5, 5.41) is 9.77. The van der Waals surface area contributed by atoms with Crippen LogP contribution in [-0.2, 0) is 11.0 Å². The predicted molar refractivity (Wildman–Crippen MR) is 91.0 cm³/mol. The molecule has 0 fully saturated rings. The molecule has 0 saturated heterocycles. The monoisotopic (exact) mass is 384 g/mol. The van der Waals surface area contributed by atoms with E-state index < -0.39 is 12.1 Å². The lowest BCUT2D eigenvalue weighted by Gasteiger charge is -2.09. The number of rotatable bonds is 8. The molecule has 0 saturated carbocycles. The topological polar surface area (TPSA) is 89.6 Å². The van der Waals surface area contributed by atoms with Crippen molar-refractivity contribution in [3.63, 3.8) is 0 Å². The van der Waals surface area contributed by atoms with E-state index in [1.807, 2.05) is 6.92 Å². The van der Waals surface area contributed by atoms with Gasteiger partial charge in [0.15, 0.2) is 0 Å². The molecule has 0 aliphatic rings. The summed E-state index contributed by atoms with van der Waals surface area (Å²) in [6.45, 7) is 4.29. The fraction of sp³-hybridized carbons (Fsp3) is 0.412. The van der Waals surface area contributed by atoms with Crippen LogP contribution in [0.25, 0.3) is 11.4 Å². The van der Waals surface area contributed by atoms with E-state index in [1.165, 1.54) is 30.5 Å². The number of benzene rings is 1. The van der Waals surface area contributed by atoms with E-state index in [0.717, 1.165) is 12.8 Å². The van der Waals surface area contributed by atoms with E-state index in [9.17, 15) is 18.0 Å². The number of carbonyl (C=O) groups is 1. The van der Waals surface area contributed by atoms with Gasteiger partial charge in [-0.25, -0.2) is 0 Å². The highest BCUT2D eigenvalue weighted by atomic mass is 19.4. The number of hydrogen-bond donors (Lipinski definition) is 1. The summed E-state index contributed by atoms with van der Waals surface area (Å²) in [5.74, 6) is -1.99. The summed E-state index contributed by atoms with van der Waals surface area (Å²) in [6, 6.07) is 5.43. The lowest BCUT2D eigenvalue weighted by atomic mass is 10.1. The van der Waals surface area contributed by atoms with Gasteiger partial charge in [-0.05, 0) is 25.5 Å². The first-order chi connectivity index (χ1) is 12.8. The average molecular weight is 384 g/mol. The number of aromatic nitrogens is 2. The van der Waals surface area contributed by atoms with Crippen LogP contribution in [0.15, 0.2) is 33.9 Å². The Labute approximate surface area is 153 Å². The molecule has 2 rings (SSSR count). The second kappa shape index (κ2) is 9.15. The number of carbonyl (C=O) groups excluding carboxylic acids is 1. The molecule has 1 aromatic carbocycles. The van der Waals surface area contributed by atoms with Gasteiger partial charge < -0.3 is 14.7 Å². The van der Waals surface area contributed by atoms with E-state index in [4.69, 9.17) is 4.84 Å². The van der Waals surface area contributed by atoms with Gasteiger partial charge in [-0.1, -0.05) is 35.8 Å². The molecule has 0 aliphatic carbocycles. The molecule has 146 valence electrons. The van der Waals surface area contributed by atoms with Gasteiger partial charge >= 0.3 is 12.1 Å². The largest absolute Gasteiger partial charge is 0.471 e. The first-order valence-electron chi connectivity index (χ1n) is 8.29. The average Bonchev–Trinajstić information content (AvgIpc) is 3.12. The van der Waals surface area contributed by atoms with Crippen LogP contribution in [0.1, 0.15) is 42.9 Å². The van der Waals surface area contributed by atoms with Gasteiger partial charge in [0.1, 0.15) is 6.61 Å². The van der Waals surface area contributed by atoms with Crippen LogP contribution < -0.4 is 5.32 Å². The van der Waals surface area contributed by atoms with Crippen LogP contribution in [0.3, 0.4) is 0 Å². The third-order valence-electron chi connectivity index (χ3n) is 3.38. The molecule has 1 heterocycles. The maximum absolute atomic E-state index is 12.5. The third kappa shape index (κ3) is 6.08. The predicted octanol–water partition coefficient (Wildman–Crippen LogP) is 3.68. The van der Waals surface area contributed by atoms with Crippen molar-refractivity contribution < 1.29 is 27.3 Å². The molecule has 7 nitrogen and oxygen atoms in total. The summed E-state index contributed by atoms with van der Waals surface area (Å²) in [7, 11) is 0. The van der Waals surface area contributed by atoms with Crippen LogP contribution in [0.2, 0.25) is 0 Å². The van der Waals surface area contributed by atoms with E-state index in [0.29, 0.717) is 17.7 Å². The highest BCUT2D eigenvalue weighted by Crippen LogP contribution is 2.29. The van der Waals surface area contributed by atoms with Crippen LogP contribution in [0.5, 0.6) is 0 Å². The zero-order chi connectivity index (χ0) is 19.9. The molecule has 1 N–H and O–H groups in total. The molecule has 1 amide bonds. The number of unbranched alkanes of at least 4 members (excludes halogenated alkanes) is 1. The molecular formula is C17H19F3N4O3. The lowest BCUT2D eigenvalue weighted by Crippen LogP contribution is -2.33. The normalized spacial score (nSPS) is 12.9. The van der Waals surface area contributed by atoms with Crippen LogP contribution in [0, 0.1) is 0 Å². The highest BCUT2D eigenvalue weighted by molar-refractivity contribution is 5.96. The molecule has 0 radical (unpaired) electrons. The number of amides is 1. The summed E-state index contributed by atoms with van der Waals surface area (Å²) >= 11 is 0. The van der Waals surface area contributed by atoms with E-state index >= 15 is 0 Å². The summed E-state index contributed by atoms with van der Waals surface area (Å²) < 4.78 is 41.7. The van der Waals surface area contributed by atoms with Crippen molar-refractivity contribution >= 4 is 12.1 Å². The standard InChI is InChI=1S/C17H19F3N4O3/c1-3-4-9-26-21-10-11(2)22-15(25)13-7-5-12(6-8-13)14-23-16(27-24-14)17(18,19)20/h5-8,10-11H,3-4,9H2,1-2H3,(H,22,25)/b21-10+. The number of nitrogens with zero attached hydrogens (tertiary/aromatic N) is 3. The maximum atomic E-state index is 12.5. The molecule has 27 heavy (non-hydrogen) atoms. The molecule has 0 aliphatic heterocycles. The summed E-state index contributed by atoms with van der Waals surface area (Å²) in [6.07, 6.45) is -1.34. The van der Waals surface area contributed by atoms with Gasteiger partial charge in [0.2, 0.25) is 5.82 Å². The smallest absolute Gasteiger partial charge is 0.396 e. The fourth-order valence-corrected chi connectivity index (χ4v) is 1.95. The quantitative estimate of drug-likeness (QED) is 0.426. The first kappa shape index (κ1) is 20.4. The molecule has 0 bridgehead atoms. The minimum absolute atomic E-state index is 0.209. The van der Waals surface area contributed by atoms with Gasteiger partial charge in [0.05, 0.1) is 12.3 Å². The Morgan fingerprint density at radius 2 is 2.07 bits per heavy atom. The molecule has 0 spiro atoms. The molecular weight excluding hydrogens is 365 g/mol. The van der Waals surface area contributed by atoms with Gasteiger partial charge in [-0.3, -0.25) is 4.79 Å². The molecule has 1 atom stereocenters. The minimum Gasteiger partial charge on any atom is -0.396 e. The molecule has 2 aromatic rings. The van der Waals surface area contributed by atoms with Gasteiger partial charge in [0, 0.05) is 11.1 Å². The van der Waals surface area contributed by atoms with Crippen LogP contribution in [0.4, 0.5) is 13.2 Å². The van der Waals surface area contributed by atoms with E-state index in [2.05, 4.69) is 25.1 Å². The van der Waals surface area contributed by atoms with Gasteiger partial charge in [0.25, 0.3) is 5.91 Å². The first-order valence-corrected chi connectivity index (χ1v) is 8.29. The highest BCUT2D eigenvalue weighted by Gasteiger charge is 2.38. The van der Waals surface area contributed by atoms with Crippen molar-refractivity contribution in [3.05, 3.63) is 35.7 Å². The number of nitrogens with one attached hydrogen (secondary N) is 1. The van der Waals surface area contributed by atoms with Crippen molar-refractivity contribution in [1.82, 2.24) is 15.5 Å². The number of oxime groups is 1. The second-order valence-corrected chi connectivity index (χ2v) is 5.70. The second-order valence-electron chi connectivity index (χ2n) is 5.70. The fourth-order valence-electron chi connectivity index (χ4n) is 1.95. The SMILES string of the molecule is CCCCO/N=C/C(C)NC(=O)c1ccc(-c2noc(C(F)(F)F)n2)cc1. The Kier molecular flexibility index (Phi) is 6.91. The van der Waals surface area contributed by atoms with Crippen LogP contribution in [-0.4, -0.2) is 34.9 Å². The molecule has 1 unspecified atom stereocenters. The number of halogens is 3. The van der Waals surface area contributed by atoms with Gasteiger partial charge in [-0.15, -0.1) is 0 Å². The van der Waals surface area contributed by atoms with Crippen LogP contribution >= 0.6 is 0 Å². The Bertz CT molecular complexity index is 772. The Morgan fingerprint density at radius 1 is 1.37 bits per heavy atom. The minimum atomic E-state index is -4.71. The van der Waals surface area contributed by atoms with Crippen molar-refractivity contribution in [3.8, 4) is 11.4 Å². The third-order valence-corrected chi connectivity index (χ3v) is 3.38. The number of alkyl halides is 3. The maximum Gasteiger partial charge on any atom is 0.471 e. The summed E-state index contributed by atoms with van der Waals surface area (Å²) in [4.78, 5) is 20.5. The Balaban J connectivity index is 1.94. The molecule has 1 aromatic heterocycles. The van der Waals surface area contributed by atoms with Crippen molar-refractivity contribution in [2.75, 3.05) is 6.61 Å². The van der Waals surface area contributed by atoms with Crippen molar-refractivity contribution in [2.45, 2.75) is 38.9 Å². The van der Waals surface area contributed by atoms with E-state index in [-0.39, 0.29) is 17.8 Å². The van der Waals surface area contributed by atoms with Gasteiger partial charge in [-0.2, -0.15) is 18.2 Å². The van der Waals surface area contributed by atoms with Crippen molar-refractivity contribution in [1.29, 1.82) is 0 Å². The molecule has 10 heteroatoms. The lowest BCUT2D eigenvalue weighted by molar-refractivity contribution is -0.159. The number of hydrogen-bond acceptors (Lipinski definition) is 6.